The Bertz CT molecular complexity index is 406. The van der Waals surface area contributed by atoms with Crippen LogP contribution in [-0.4, -0.2) is 12.6 Å². The van der Waals surface area contributed by atoms with Gasteiger partial charge < -0.3 is 4.74 Å². The topological polar surface area (TPSA) is 26.3 Å². The zero-order valence-electron chi connectivity index (χ0n) is 25.2. The van der Waals surface area contributed by atoms with E-state index in [0.717, 1.165) is 12.8 Å². The zero-order chi connectivity index (χ0) is 26.2. The first-order chi connectivity index (χ1) is 17.8. The maximum atomic E-state index is 11.8. The van der Waals surface area contributed by atoms with Crippen LogP contribution >= 0.6 is 0 Å². The number of rotatable bonds is 31. The van der Waals surface area contributed by atoms with Crippen molar-refractivity contribution in [1.82, 2.24) is 0 Å². The maximum absolute atomic E-state index is 11.8. The van der Waals surface area contributed by atoms with Crippen LogP contribution in [0.15, 0.2) is 0 Å². The van der Waals surface area contributed by atoms with E-state index in [1.807, 2.05) is 0 Å². The van der Waals surface area contributed by atoms with Crippen LogP contribution in [0.5, 0.6) is 0 Å². The van der Waals surface area contributed by atoms with Crippen LogP contribution in [0.2, 0.25) is 0 Å². The molecule has 0 amide bonds. The van der Waals surface area contributed by atoms with Crippen LogP contribution in [-0.2, 0) is 9.53 Å². The average molecular weight is 509 g/mol. The summed E-state index contributed by atoms with van der Waals surface area (Å²) in [6.45, 7) is 5.20. The molecule has 2 heteroatoms. The predicted octanol–water partition coefficient (Wildman–Crippen LogP) is 12.3. The second-order valence-corrected chi connectivity index (χ2v) is 11.5. The summed E-state index contributed by atoms with van der Waals surface area (Å²) in [6, 6.07) is 0. The van der Waals surface area contributed by atoms with E-state index in [1.54, 1.807) is 0 Å². The van der Waals surface area contributed by atoms with Gasteiger partial charge in [0, 0.05) is 6.42 Å². The van der Waals surface area contributed by atoms with E-state index < -0.39 is 0 Å². The largest absolute Gasteiger partial charge is 0.466 e. The molecule has 0 aliphatic carbocycles. The predicted molar refractivity (Wildman–Crippen MR) is 161 cm³/mol. The molecule has 0 bridgehead atoms. The van der Waals surface area contributed by atoms with Gasteiger partial charge in [0.2, 0.25) is 0 Å². The Morgan fingerprint density at radius 1 is 0.361 bits per heavy atom. The van der Waals surface area contributed by atoms with Gasteiger partial charge >= 0.3 is 5.97 Å². The van der Waals surface area contributed by atoms with Crippen LogP contribution in [0.25, 0.3) is 0 Å². The Balaban J connectivity index is 3.12. The van der Waals surface area contributed by atoms with Crippen molar-refractivity contribution >= 4 is 5.97 Å². The summed E-state index contributed by atoms with van der Waals surface area (Å²) in [4.78, 5) is 11.8. The molecule has 0 rings (SSSR count). The number of carbonyl (C=O) groups excluding carboxylic acids is 1. The van der Waals surface area contributed by atoms with E-state index in [2.05, 4.69) is 13.8 Å². The molecule has 0 aromatic heterocycles. The molecule has 0 saturated carbocycles. The smallest absolute Gasteiger partial charge is 0.305 e. The van der Waals surface area contributed by atoms with Gasteiger partial charge in [-0.25, -0.2) is 0 Å². The van der Waals surface area contributed by atoms with Gasteiger partial charge in [0.1, 0.15) is 0 Å². The van der Waals surface area contributed by atoms with Gasteiger partial charge in [-0.15, -0.1) is 0 Å². The minimum Gasteiger partial charge on any atom is -0.466 e. The van der Waals surface area contributed by atoms with Crippen molar-refractivity contribution in [2.45, 2.75) is 206 Å². The van der Waals surface area contributed by atoms with E-state index in [4.69, 9.17) is 4.74 Å². The van der Waals surface area contributed by atoms with Crippen molar-refractivity contribution < 1.29 is 9.53 Å². The second kappa shape index (κ2) is 32.5. The first-order valence-electron chi connectivity index (χ1n) is 17.0. The summed E-state index contributed by atoms with van der Waals surface area (Å²) in [5.41, 5.74) is 0. The lowest BCUT2D eigenvalue weighted by molar-refractivity contribution is -0.143. The third kappa shape index (κ3) is 31.5. The van der Waals surface area contributed by atoms with Crippen LogP contribution in [0.1, 0.15) is 206 Å². The van der Waals surface area contributed by atoms with Gasteiger partial charge in [0.15, 0.2) is 0 Å². The summed E-state index contributed by atoms with van der Waals surface area (Å²) in [7, 11) is 0. The normalized spacial score (nSPS) is 11.3. The lowest BCUT2D eigenvalue weighted by Crippen LogP contribution is -2.05. The van der Waals surface area contributed by atoms with E-state index in [0.29, 0.717) is 13.0 Å². The van der Waals surface area contributed by atoms with Crippen molar-refractivity contribution in [3.8, 4) is 0 Å². The molecule has 0 heterocycles. The molecule has 0 fully saturated rings. The third-order valence-corrected chi connectivity index (χ3v) is 7.75. The van der Waals surface area contributed by atoms with Gasteiger partial charge in [0.05, 0.1) is 6.61 Å². The number of esters is 1. The van der Waals surface area contributed by atoms with Crippen molar-refractivity contribution in [3.63, 3.8) is 0 Å². The molecule has 0 spiro atoms. The summed E-state index contributed by atoms with van der Waals surface area (Å²) < 4.78 is 5.42. The fraction of sp³-hybridized carbons (Fsp3) is 0.971. The molecular formula is C34H68O2. The number of hydrogen-bond donors (Lipinski definition) is 0. The quantitative estimate of drug-likeness (QED) is 0.0687. The Morgan fingerprint density at radius 3 is 0.917 bits per heavy atom. The van der Waals surface area contributed by atoms with Gasteiger partial charge in [-0.2, -0.15) is 0 Å². The Hall–Kier alpha value is -0.530. The zero-order valence-corrected chi connectivity index (χ0v) is 25.2. The summed E-state index contributed by atoms with van der Waals surface area (Å²) >= 11 is 0. The molecular weight excluding hydrogens is 440 g/mol. The molecule has 0 saturated heterocycles. The molecule has 0 aromatic carbocycles. The van der Waals surface area contributed by atoms with Crippen LogP contribution in [0, 0.1) is 0 Å². The Morgan fingerprint density at radius 2 is 0.611 bits per heavy atom. The number of unbranched alkanes of at least 4 members (excludes halogenated alkanes) is 27. The molecule has 0 radical (unpaired) electrons. The second-order valence-electron chi connectivity index (χ2n) is 11.5. The van der Waals surface area contributed by atoms with Gasteiger partial charge in [-0.3, -0.25) is 4.79 Å². The fourth-order valence-corrected chi connectivity index (χ4v) is 5.20. The van der Waals surface area contributed by atoms with Crippen LogP contribution in [0.4, 0.5) is 0 Å². The molecule has 0 N–H and O–H groups in total. The van der Waals surface area contributed by atoms with Crippen LogP contribution < -0.4 is 0 Å². The highest BCUT2D eigenvalue weighted by Gasteiger charge is 2.02. The lowest BCUT2D eigenvalue weighted by Gasteiger charge is -2.06. The highest BCUT2D eigenvalue weighted by molar-refractivity contribution is 5.69. The van der Waals surface area contributed by atoms with E-state index in [9.17, 15) is 4.79 Å². The third-order valence-electron chi connectivity index (χ3n) is 7.75. The standard InChI is InChI=1S/C34H68O2/c1-3-5-7-9-11-13-15-16-17-18-19-20-21-22-23-25-27-29-31-33-36-34(35)32-30-28-26-24-14-12-10-8-6-4-2/h3-33H2,1-2H3. The average Bonchev–Trinajstić information content (AvgIpc) is 2.88. The lowest BCUT2D eigenvalue weighted by atomic mass is 10.0. The first-order valence-corrected chi connectivity index (χ1v) is 17.0. The molecule has 0 aromatic rings. The SMILES string of the molecule is CCCCCCCCCCCCCCCCCCCCCOC(=O)CCCCCCCCCCCC. The molecule has 0 aliphatic heterocycles. The van der Waals surface area contributed by atoms with Crippen molar-refractivity contribution in [2.75, 3.05) is 6.61 Å². The first kappa shape index (κ1) is 35.5. The molecule has 0 unspecified atom stereocenters. The van der Waals surface area contributed by atoms with Crippen molar-refractivity contribution in [3.05, 3.63) is 0 Å². The highest BCUT2D eigenvalue weighted by Crippen LogP contribution is 2.15. The maximum Gasteiger partial charge on any atom is 0.305 e. The van der Waals surface area contributed by atoms with Gasteiger partial charge in [-0.1, -0.05) is 187 Å². The monoisotopic (exact) mass is 509 g/mol. The summed E-state index contributed by atoms with van der Waals surface area (Å²) in [5.74, 6) is 0.0250. The van der Waals surface area contributed by atoms with E-state index >= 15 is 0 Å². The number of carbonyl (C=O) groups is 1. The number of ether oxygens (including phenoxy) is 1. The van der Waals surface area contributed by atoms with E-state index in [1.165, 1.54) is 173 Å². The van der Waals surface area contributed by atoms with Crippen LogP contribution in [0.3, 0.4) is 0 Å². The molecule has 0 atom stereocenters. The molecule has 2 nitrogen and oxygen atoms in total. The highest BCUT2D eigenvalue weighted by atomic mass is 16.5. The van der Waals surface area contributed by atoms with Crippen molar-refractivity contribution in [1.29, 1.82) is 0 Å². The van der Waals surface area contributed by atoms with E-state index in [-0.39, 0.29) is 5.97 Å². The minimum absolute atomic E-state index is 0.0250. The fourth-order valence-electron chi connectivity index (χ4n) is 5.20. The Kier molecular flexibility index (Phi) is 32.0. The molecule has 216 valence electrons. The molecule has 0 aliphatic rings. The van der Waals surface area contributed by atoms with Gasteiger partial charge in [-0.05, 0) is 12.8 Å². The minimum atomic E-state index is 0.0250. The summed E-state index contributed by atoms with van der Waals surface area (Å²) in [5, 5.41) is 0. The molecule has 36 heavy (non-hydrogen) atoms. The Labute approximate surface area is 228 Å². The number of hydrogen-bond acceptors (Lipinski definition) is 2. The van der Waals surface area contributed by atoms with Crippen molar-refractivity contribution in [2.24, 2.45) is 0 Å². The van der Waals surface area contributed by atoms with Gasteiger partial charge in [0.25, 0.3) is 0 Å². The summed E-state index contributed by atoms with van der Waals surface area (Å²) in [6.07, 6.45) is 40.2.